The zero-order chi connectivity index (χ0) is 13.8. The number of hydrogen-bond acceptors (Lipinski definition) is 2. The second kappa shape index (κ2) is 4.20. The number of nitrogens with zero attached hydrogens (tertiary/aromatic N) is 3. The third kappa shape index (κ3) is 1.78. The number of nitrogens with one attached hydrogen (secondary N) is 1. The summed E-state index contributed by atoms with van der Waals surface area (Å²) in [6.07, 6.45) is 3.76. The molecule has 1 aliphatic carbocycles. The van der Waals surface area contributed by atoms with Crippen LogP contribution in [0.2, 0.25) is 0 Å². The smallest absolute Gasteiger partial charge is 0.179 e. The number of fused-ring (bicyclic) bond motifs is 1. The SMILES string of the molecule is CCn1nc(C)c2[nH]c(=S)n(C3CCCC3(C)C)c21. The van der Waals surface area contributed by atoms with Gasteiger partial charge in [0.05, 0.1) is 5.69 Å². The van der Waals surface area contributed by atoms with E-state index in [0.29, 0.717) is 11.5 Å². The third-order valence-electron chi connectivity index (χ3n) is 4.59. The molecule has 0 spiro atoms. The van der Waals surface area contributed by atoms with E-state index in [1.54, 1.807) is 0 Å². The van der Waals surface area contributed by atoms with Gasteiger partial charge in [-0.05, 0) is 44.3 Å². The lowest BCUT2D eigenvalue weighted by Gasteiger charge is -2.28. The second-order valence-corrected chi connectivity index (χ2v) is 6.68. The van der Waals surface area contributed by atoms with E-state index in [-0.39, 0.29) is 0 Å². The fourth-order valence-electron chi connectivity index (χ4n) is 3.52. The van der Waals surface area contributed by atoms with Crippen LogP contribution in [-0.4, -0.2) is 19.3 Å². The highest BCUT2D eigenvalue weighted by Crippen LogP contribution is 2.47. The first-order valence-corrected chi connectivity index (χ1v) is 7.54. The molecule has 2 aromatic heterocycles. The quantitative estimate of drug-likeness (QED) is 0.844. The summed E-state index contributed by atoms with van der Waals surface area (Å²) >= 11 is 5.58. The molecule has 1 saturated carbocycles. The average molecular weight is 278 g/mol. The van der Waals surface area contributed by atoms with Crippen molar-refractivity contribution in [2.45, 2.75) is 59.5 Å². The van der Waals surface area contributed by atoms with Crippen molar-refractivity contribution in [2.24, 2.45) is 5.41 Å². The number of aryl methyl sites for hydroxylation is 2. The van der Waals surface area contributed by atoms with Gasteiger partial charge in [0.15, 0.2) is 10.4 Å². The maximum atomic E-state index is 5.58. The van der Waals surface area contributed by atoms with E-state index in [9.17, 15) is 0 Å². The van der Waals surface area contributed by atoms with Gasteiger partial charge in [-0.1, -0.05) is 20.3 Å². The molecule has 0 aromatic carbocycles. The van der Waals surface area contributed by atoms with E-state index in [1.807, 2.05) is 6.92 Å². The van der Waals surface area contributed by atoms with Crippen molar-refractivity contribution < 1.29 is 0 Å². The van der Waals surface area contributed by atoms with Crippen molar-refractivity contribution in [3.63, 3.8) is 0 Å². The van der Waals surface area contributed by atoms with Crippen molar-refractivity contribution >= 4 is 23.4 Å². The highest BCUT2D eigenvalue weighted by Gasteiger charge is 2.37. The molecule has 2 aromatic rings. The van der Waals surface area contributed by atoms with Crippen molar-refractivity contribution in [1.29, 1.82) is 0 Å². The molecule has 5 heteroatoms. The van der Waals surface area contributed by atoms with Crippen LogP contribution in [-0.2, 0) is 6.54 Å². The van der Waals surface area contributed by atoms with Crippen molar-refractivity contribution in [2.75, 3.05) is 0 Å². The van der Waals surface area contributed by atoms with Crippen LogP contribution in [0.15, 0.2) is 0 Å². The highest BCUT2D eigenvalue weighted by molar-refractivity contribution is 7.71. The Balaban J connectivity index is 2.28. The Morgan fingerprint density at radius 3 is 2.79 bits per heavy atom. The van der Waals surface area contributed by atoms with Gasteiger partial charge in [0, 0.05) is 12.6 Å². The van der Waals surface area contributed by atoms with Crippen molar-refractivity contribution in [3.8, 4) is 0 Å². The van der Waals surface area contributed by atoms with Gasteiger partial charge in [-0.3, -0.25) is 4.57 Å². The molecule has 2 heterocycles. The molecule has 1 aliphatic rings. The van der Waals surface area contributed by atoms with Gasteiger partial charge in [0.2, 0.25) is 0 Å². The van der Waals surface area contributed by atoms with E-state index in [0.717, 1.165) is 22.5 Å². The Hall–Kier alpha value is -1.10. The predicted octanol–water partition coefficient (Wildman–Crippen LogP) is 3.97. The molecule has 0 radical (unpaired) electrons. The summed E-state index contributed by atoms with van der Waals surface area (Å²) in [5.74, 6) is 0. The van der Waals surface area contributed by atoms with Crippen LogP contribution >= 0.6 is 12.2 Å². The average Bonchev–Trinajstić information content (AvgIpc) is 2.94. The predicted molar refractivity (Wildman–Crippen MR) is 80.0 cm³/mol. The minimum absolute atomic E-state index is 0.310. The molecule has 104 valence electrons. The highest BCUT2D eigenvalue weighted by atomic mass is 32.1. The van der Waals surface area contributed by atoms with Crippen molar-refractivity contribution in [1.82, 2.24) is 19.3 Å². The lowest BCUT2D eigenvalue weighted by Crippen LogP contribution is -2.22. The molecule has 1 atom stereocenters. The first-order chi connectivity index (χ1) is 8.95. The molecule has 0 amide bonds. The van der Waals surface area contributed by atoms with Crippen LogP contribution in [0.4, 0.5) is 0 Å². The molecule has 4 nitrogen and oxygen atoms in total. The number of H-pyrrole nitrogens is 1. The van der Waals surface area contributed by atoms with Gasteiger partial charge in [-0.2, -0.15) is 5.10 Å². The van der Waals surface area contributed by atoms with Gasteiger partial charge in [0.25, 0.3) is 0 Å². The van der Waals surface area contributed by atoms with Gasteiger partial charge in [-0.15, -0.1) is 0 Å². The molecular formula is C14H22N4S. The van der Waals surface area contributed by atoms with Gasteiger partial charge >= 0.3 is 0 Å². The Kier molecular flexibility index (Phi) is 2.85. The molecule has 1 fully saturated rings. The summed E-state index contributed by atoms with van der Waals surface area (Å²) in [7, 11) is 0. The Morgan fingerprint density at radius 1 is 1.47 bits per heavy atom. The van der Waals surface area contributed by atoms with E-state index in [1.165, 1.54) is 24.9 Å². The Bertz CT molecular complexity index is 673. The monoisotopic (exact) mass is 278 g/mol. The molecule has 1 N–H and O–H groups in total. The van der Waals surface area contributed by atoms with E-state index in [2.05, 4.69) is 40.1 Å². The molecular weight excluding hydrogens is 256 g/mol. The zero-order valence-corrected chi connectivity index (χ0v) is 13.0. The summed E-state index contributed by atoms with van der Waals surface area (Å²) in [6, 6.07) is 0.482. The van der Waals surface area contributed by atoms with Gasteiger partial charge in [0.1, 0.15) is 5.52 Å². The largest absolute Gasteiger partial charge is 0.328 e. The Labute approximate surface area is 118 Å². The lowest BCUT2D eigenvalue weighted by molar-refractivity contribution is 0.261. The summed E-state index contributed by atoms with van der Waals surface area (Å²) in [6.45, 7) is 9.76. The first kappa shape index (κ1) is 12.9. The molecule has 0 bridgehead atoms. The summed E-state index contributed by atoms with van der Waals surface area (Å²) in [5.41, 5.74) is 3.63. The van der Waals surface area contributed by atoms with E-state index >= 15 is 0 Å². The molecule has 19 heavy (non-hydrogen) atoms. The number of aromatic amines is 1. The minimum atomic E-state index is 0.310. The summed E-state index contributed by atoms with van der Waals surface area (Å²) in [4.78, 5) is 3.36. The summed E-state index contributed by atoms with van der Waals surface area (Å²) < 4.78 is 5.24. The maximum absolute atomic E-state index is 5.58. The maximum Gasteiger partial charge on any atom is 0.179 e. The number of rotatable bonds is 2. The van der Waals surface area contributed by atoms with Crippen LogP contribution in [0.3, 0.4) is 0 Å². The topological polar surface area (TPSA) is 38.5 Å². The van der Waals surface area contributed by atoms with Gasteiger partial charge < -0.3 is 4.98 Å². The zero-order valence-electron chi connectivity index (χ0n) is 12.2. The van der Waals surface area contributed by atoms with Crippen LogP contribution in [0, 0.1) is 17.1 Å². The van der Waals surface area contributed by atoms with Crippen molar-refractivity contribution in [3.05, 3.63) is 10.5 Å². The molecule has 3 rings (SSSR count). The number of hydrogen-bond donors (Lipinski definition) is 1. The second-order valence-electron chi connectivity index (χ2n) is 6.30. The number of aromatic nitrogens is 4. The molecule has 1 unspecified atom stereocenters. The van der Waals surface area contributed by atoms with Crippen LogP contribution in [0.5, 0.6) is 0 Å². The van der Waals surface area contributed by atoms with Crippen LogP contribution in [0.1, 0.15) is 51.8 Å². The standard InChI is InChI=1S/C14H22N4S/c1-5-17-12-11(9(2)16-17)15-13(19)18(12)10-7-6-8-14(10,3)4/h10H,5-8H2,1-4H3,(H,15,19). The fourth-order valence-corrected chi connectivity index (χ4v) is 3.84. The van der Waals surface area contributed by atoms with Gasteiger partial charge in [-0.25, -0.2) is 4.68 Å². The minimum Gasteiger partial charge on any atom is -0.328 e. The van der Waals surface area contributed by atoms with E-state index in [4.69, 9.17) is 12.2 Å². The fraction of sp³-hybridized carbons (Fsp3) is 0.714. The Morgan fingerprint density at radius 2 is 2.21 bits per heavy atom. The number of imidazole rings is 1. The first-order valence-electron chi connectivity index (χ1n) is 7.13. The van der Waals surface area contributed by atoms with Crippen LogP contribution < -0.4 is 0 Å². The summed E-state index contributed by atoms with van der Waals surface area (Å²) in [5, 5.41) is 4.61. The molecule has 0 aliphatic heterocycles. The van der Waals surface area contributed by atoms with Crippen LogP contribution in [0.25, 0.3) is 11.2 Å². The normalized spacial score (nSPS) is 22.4. The third-order valence-corrected chi connectivity index (χ3v) is 4.89. The molecule has 0 saturated heterocycles. The van der Waals surface area contributed by atoms with E-state index < -0.39 is 0 Å². The lowest BCUT2D eigenvalue weighted by atomic mass is 9.87.